The van der Waals surface area contributed by atoms with Gasteiger partial charge >= 0.3 is 0 Å². The molecule has 0 heterocycles. The van der Waals surface area contributed by atoms with Crippen molar-refractivity contribution in [3.63, 3.8) is 0 Å². The van der Waals surface area contributed by atoms with E-state index in [4.69, 9.17) is 0 Å². The molecule has 0 aliphatic heterocycles. The lowest BCUT2D eigenvalue weighted by atomic mass is 9.68. The maximum absolute atomic E-state index is 2.50. The molecule has 0 N–H and O–H groups in total. The summed E-state index contributed by atoms with van der Waals surface area (Å²) in [5.74, 6) is 0. The Morgan fingerprint density at radius 3 is 1.26 bits per heavy atom. The van der Waals surface area contributed by atoms with Crippen molar-refractivity contribution in [3.8, 4) is 33.4 Å². The van der Waals surface area contributed by atoms with Crippen LogP contribution in [0.15, 0.2) is 224 Å². The molecule has 0 saturated heterocycles. The molecule has 9 aromatic carbocycles. The molecule has 9 aromatic rings. The predicted octanol–water partition coefficient (Wildman–Crippen LogP) is 13.9. The molecule has 57 heavy (non-hydrogen) atoms. The van der Waals surface area contributed by atoms with E-state index < -0.39 is 10.8 Å². The number of benzene rings is 9. The zero-order valence-corrected chi connectivity index (χ0v) is 31.3. The minimum absolute atomic E-state index is 0.417. The maximum Gasteiger partial charge on any atom is 0.0726 e. The first kappa shape index (κ1) is 32.1. The third kappa shape index (κ3) is 4.18. The van der Waals surface area contributed by atoms with Crippen LogP contribution >= 0.6 is 0 Å². The molecular weight excluding hydrogens is 687 g/mol. The van der Waals surface area contributed by atoms with Crippen molar-refractivity contribution in [2.75, 3.05) is 4.90 Å². The molecule has 266 valence electrons. The fourth-order valence-electron chi connectivity index (χ4n) is 10.9. The van der Waals surface area contributed by atoms with Crippen LogP contribution in [0, 0.1) is 0 Å². The topological polar surface area (TPSA) is 3.24 Å². The average Bonchev–Trinajstić information content (AvgIpc) is 3.88. The van der Waals surface area contributed by atoms with Crippen LogP contribution in [0.2, 0.25) is 0 Å². The SMILES string of the molecule is c1ccc(N(c2ccc3c(c2)-c2ccccc2C3(c2ccccc2)c2ccccc2)c2cccc3c2-c2ccccc2C32c3ccccc3-c3ccccc32)cc1. The van der Waals surface area contributed by atoms with Crippen LogP contribution in [0.4, 0.5) is 17.1 Å². The molecule has 0 atom stereocenters. The maximum atomic E-state index is 2.50. The van der Waals surface area contributed by atoms with Gasteiger partial charge in [-0.3, -0.25) is 0 Å². The van der Waals surface area contributed by atoms with Gasteiger partial charge in [0.2, 0.25) is 0 Å². The second-order valence-corrected chi connectivity index (χ2v) is 15.5. The highest BCUT2D eigenvalue weighted by molar-refractivity contribution is 6.01. The third-order valence-corrected chi connectivity index (χ3v) is 13.0. The lowest BCUT2D eigenvalue weighted by molar-refractivity contribution is 0.768. The normalized spacial score (nSPS) is 14.2. The monoisotopic (exact) mass is 723 g/mol. The summed E-state index contributed by atoms with van der Waals surface area (Å²) in [4.78, 5) is 2.50. The molecule has 0 fully saturated rings. The Bertz CT molecular complexity index is 2930. The summed E-state index contributed by atoms with van der Waals surface area (Å²) in [5.41, 5.74) is 20.9. The molecular formula is C56H37N. The van der Waals surface area contributed by atoms with Crippen LogP contribution in [-0.4, -0.2) is 0 Å². The van der Waals surface area contributed by atoms with Gasteiger partial charge in [0, 0.05) is 16.9 Å². The molecule has 1 spiro atoms. The highest BCUT2D eigenvalue weighted by atomic mass is 15.1. The highest BCUT2D eigenvalue weighted by Crippen LogP contribution is 2.65. The number of nitrogens with zero attached hydrogens (tertiary/aromatic N) is 1. The van der Waals surface area contributed by atoms with Gasteiger partial charge in [0.1, 0.15) is 0 Å². The van der Waals surface area contributed by atoms with E-state index in [9.17, 15) is 0 Å². The largest absolute Gasteiger partial charge is 0.310 e. The predicted molar refractivity (Wildman–Crippen MR) is 235 cm³/mol. The van der Waals surface area contributed by atoms with Crippen LogP contribution in [0.25, 0.3) is 33.4 Å². The molecule has 0 saturated carbocycles. The molecule has 1 heteroatoms. The van der Waals surface area contributed by atoms with Crippen molar-refractivity contribution < 1.29 is 0 Å². The summed E-state index contributed by atoms with van der Waals surface area (Å²) < 4.78 is 0. The first-order valence-corrected chi connectivity index (χ1v) is 19.9. The van der Waals surface area contributed by atoms with Crippen molar-refractivity contribution in [2.24, 2.45) is 0 Å². The number of anilines is 3. The minimum atomic E-state index is -0.451. The van der Waals surface area contributed by atoms with Gasteiger partial charge < -0.3 is 4.90 Å². The Hall–Kier alpha value is -7.22. The van der Waals surface area contributed by atoms with Crippen molar-refractivity contribution in [1.82, 2.24) is 0 Å². The van der Waals surface area contributed by atoms with Crippen molar-refractivity contribution in [1.29, 1.82) is 0 Å². The van der Waals surface area contributed by atoms with Gasteiger partial charge in [0.05, 0.1) is 16.5 Å². The zero-order valence-electron chi connectivity index (χ0n) is 31.3. The Morgan fingerprint density at radius 1 is 0.263 bits per heavy atom. The van der Waals surface area contributed by atoms with E-state index in [0.29, 0.717) is 0 Å². The number of rotatable bonds is 5. The van der Waals surface area contributed by atoms with Crippen LogP contribution in [0.1, 0.15) is 44.5 Å². The highest BCUT2D eigenvalue weighted by Gasteiger charge is 2.52. The van der Waals surface area contributed by atoms with E-state index in [2.05, 4.69) is 229 Å². The molecule has 12 rings (SSSR count). The number of hydrogen-bond donors (Lipinski definition) is 0. The van der Waals surface area contributed by atoms with E-state index in [1.54, 1.807) is 0 Å². The van der Waals surface area contributed by atoms with E-state index in [1.165, 1.54) is 83.6 Å². The van der Waals surface area contributed by atoms with E-state index in [0.717, 1.165) is 11.4 Å². The van der Waals surface area contributed by atoms with Crippen LogP contribution in [0.5, 0.6) is 0 Å². The lowest BCUT2D eigenvalue weighted by Crippen LogP contribution is -2.28. The molecule has 0 aromatic heterocycles. The Balaban J connectivity index is 1.14. The first-order valence-electron chi connectivity index (χ1n) is 19.9. The van der Waals surface area contributed by atoms with Gasteiger partial charge in [0.15, 0.2) is 0 Å². The average molecular weight is 724 g/mol. The van der Waals surface area contributed by atoms with Gasteiger partial charge in [-0.05, 0) is 103 Å². The summed E-state index contributed by atoms with van der Waals surface area (Å²) in [5, 5.41) is 0. The van der Waals surface area contributed by atoms with Gasteiger partial charge in [-0.2, -0.15) is 0 Å². The molecule has 0 radical (unpaired) electrons. The van der Waals surface area contributed by atoms with Crippen molar-refractivity contribution in [3.05, 3.63) is 269 Å². The molecule has 0 amide bonds. The Labute approximate surface area is 333 Å². The molecule has 1 nitrogen and oxygen atoms in total. The second-order valence-electron chi connectivity index (χ2n) is 15.5. The standard InChI is InChI=1S/C56H37N/c1-4-19-38(20-5-1)55(39-21-6-2-7-22-39)47-29-14-12-27-44(47)46-37-41(35-36-51(46)55)57(40-23-8-3-9-24-40)53-34-18-33-52-54(53)45-28-13-17-32-50(45)56(52)48-30-15-10-25-42(48)43-26-11-16-31-49(43)56/h1-37H. The van der Waals surface area contributed by atoms with E-state index >= 15 is 0 Å². The quantitative estimate of drug-likeness (QED) is 0.171. The van der Waals surface area contributed by atoms with Gasteiger partial charge in [-0.1, -0.05) is 194 Å². The molecule has 0 bridgehead atoms. The summed E-state index contributed by atoms with van der Waals surface area (Å²) >= 11 is 0. The van der Waals surface area contributed by atoms with E-state index in [-0.39, 0.29) is 0 Å². The van der Waals surface area contributed by atoms with Gasteiger partial charge in [-0.25, -0.2) is 0 Å². The van der Waals surface area contributed by atoms with Crippen molar-refractivity contribution >= 4 is 17.1 Å². The van der Waals surface area contributed by atoms with E-state index in [1.807, 2.05) is 0 Å². The summed E-state index contributed by atoms with van der Waals surface area (Å²) in [6.07, 6.45) is 0. The number of para-hydroxylation sites is 1. The van der Waals surface area contributed by atoms with Crippen LogP contribution < -0.4 is 4.90 Å². The first-order chi connectivity index (χ1) is 28.3. The third-order valence-electron chi connectivity index (χ3n) is 13.0. The molecule has 0 unspecified atom stereocenters. The lowest BCUT2D eigenvalue weighted by Gasteiger charge is -2.34. The molecule has 3 aliphatic carbocycles. The summed E-state index contributed by atoms with van der Waals surface area (Å²) in [6, 6.07) is 83.5. The van der Waals surface area contributed by atoms with Gasteiger partial charge in [0.25, 0.3) is 0 Å². The van der Waals surface area contributed by atoms with Crippen molar-refractivity contribution in [2.45, 2.75) is 10.8 Å². The Morgan fingerprint density at radius 2 is 0.684 bits per heavy atom. The van der Waals surface area contributed by atoms with Crippen LogP contribution in [0.3, 0.4) is 0 Å². The van der Waals surface area contributed by atoms with Crippen LogP contribution in [-0.2, 0) is 10.8 Å². The zero-order chi connectivity index (χ0) is 37.6. The fourth-order valence-corrected chi connectivity index (χ4v) is 10.9. The molecule has 3 aliphatic rings. The summed E-state index contributed by atoms with van der Waals surface area (Å²) in [6.45, 7) is 0. The number of fused-ring (bicyclic) bond motifs is 13. The van der Waals surface area contributed by atoms with Gasteiger partial charge in [-0.15, -0.1) is 0 Å². The minimum Gasteiger partial charge on any atom is -0.310 e. The summed E-state index contributed by atoms with van der Waals surface area (Å²) in [7, 11) is 0. The smallest absolute Gasteiger partial charge is 0.0726 e. The Kier molecular flexibility index (Phi) is 6.83. The number of hydrogen-bond acceptors (Lipinski definition) is 1. The second kappa shape index (κ2) is 12.1. The fraction of sp³-hybridized carbons (Fsp3) is 0.0357.